The normalized spacial score (nSPS) is 8.60. The van der Waals surface area contributed by atoms with Crippen molar-refractivity contribution in [3.63, 3.8) is 0 Å². The highest BCUT2D eigenvalue weighted by molar-refractivity contribution is 4.89. The zero-order valence-electron chi connectivity index (χ0n) is 6.62. The van der Waals surface area contributed by atoms with Gasteiger partial charge in [-0.05, 0) is 6.42 Å². The Kier molecular flexibility index (Phi) is 8.06. The van der Waals surface area contributed by atoms with E-state index >= 15 is 0 Å². The van der Waals surface area contributed by atoms with Crippen molar-refractivity contribution < 1.29 is 4.39 Å². The lowest BCUT2D eigenvalue weighted by molar-refractivity contribution is 0.640. The predicted octanol–water partition coefficient (Wildman–Crippen LogP) is 3.28. The third kappa shape index (κ3) is 7.49. The summed E-state index contributed by atoms with van der Waals surface area (Å²) in [6.07, 6.45) is 8.20. The van der Waals surface area contributed by atoms with E-state index in [2.05, 4.69) is 12.8 Å². The van der Waals surface area contributed by atoms with E-state index in [-0.39, 0.29) is 0 Å². The zero-order valence-corrected chi connectivity index (χ0v) is 6.62. The average Bonchev–Trinajstić information content (AvgIpc) is 1.97. The fourth-order valence-electron chi connectivity index (χ4n) is 0.864. The van der Waals surface area contributed by atoms with Crippen molar-refractivity contribution in [2.75, 3.05) is 0 Å². The molecular formula is C9H15F. The molecule has 0 N–H and O–H groups in total. The van der Waals surface area contributed by atoms with Gasteiger partial charge < -0.3 is 0 Å². The quantitative estimate of drug-likeness (QED) is 0.408. The van der Waals surface area contributed by atoms with Gasteiger partial charge in [0.1, 0.15) is 6.17 Å². The minimum atomic E-state index is 0.722. The molecule has 58 valence electrons. The van der Waals surface area contributed by atoms with Crippen LogP contribution < -0.4 is 0 Å². The van der Waals surface area contributed by atoms with Gasteiger partial charge in [0, 0.05) is 6.42 Å². The van der Waals surface area contributed by atoms with Gasteiger partial charge in [-0.2, -0.15) is 0 Å². The van der Waals surface area contributed by atoms with Gasteiger partial charge in [-0.3, -0.25) is 0 Å². The molecule has 0 aromatic heterocycles. The summed E-state index contributed by atoms with van der Waals surface area (Å²) in [4.78, 5) is 0. The SMILES string of the molecule is CCCCCCCC#CF. The summed E-state index contributed by atoms with van der Waals surface area (Å²) in [6.45, 7) is 2.18. The van der Waals surface area contributed by atoms with E-state index in [1.54, 1.807) is 0 Å². The monoisotopic (exact) mass is 142 g/mol. The summed E-state index contributed by atoms with van der Waals surface area (Å²) in [5, 5.41) is 0. The van der Waals surface area contributed by atoms with Crippen LogP contribution in [0.4, 0.5) is 4.39 Å². The molecular weight excluding hydrogens is 127 g/mol. The van der Waals surface area contributed by atoms with Gasteiger partial charge in [0.2, 0.25) is 0 Å². The molecule has 0 saturated carbocycles. The Hall–Kier alpha value is -0.510. The van der Waals surface area contributed by atoms with E-state index in [0.29, 0.717) is 0 Å². The van der Waals surface area contributed by atoms with E-state index in [9.17, 15) is 4.39 Å². The summed E-state index contributed by atoms with van der Waals surface area (Å²) >= 11 is 0. The minimum Gasteiger partial charge on any atom is -0.144 e. The average molecular weight is 142 g/mol. The molecule has 0 aliphatic rings. The zero-order chi connectivity index (χ0) is 7.66. The second kappa shape index (κ2) is 8.49. The molecule has 0 radical (unpaired) electrons. The van der Waals surface area contributed by atoms with Crippen molar-refractivity contribution in [3.05, 3.63) is 0 Å². The van der Waals surface area contributed by atoms with E-state index in [1.807, 2.05) is 0 Å². The second-order valence-electron chi connectivity index (χ2n) is 2.44. The van der Waals surface area contributed by atoms with Gasteiger partial charge in [-0.25, -0.2) is 0 Å². The molecule has 0 bridgehead atoms. The van der Waals surface area contributed by atoms with Gasteiger partial charge in [-0.1, -0.05) is 38.5 Å². The van der Waals surface area contributed by atoms with Crippen molar-refractivity contribution in [1.29, 1.82) is 0 Å². The first-order chi connectivity index (χ1) is 4.91. The van der Waals surface area contributed by atoms with Crippen LogP contribution in [0.5, 0.6) is 0 Å². The fraction of sp³-hybridized carbons (Fsp3) is 0.778. The summed E-state index contributed by atoms with van der Waals surface area (Å²) in [7, 11) is 0. The highest BCUT2D eigenvalue weighted by Gasteiger charge is 1.85. The molecule has 1 heteroatoms. The third-order valence-corrected chi connectivity index (χ3v) is 1.47. The molecule has 0 nitrogen and oxygen atoms in total. The highest BCUT2D eigenvalue weighted by Crippen LogP contribution is 2.03. The number of hydrogen-bond acceptors (Lipinski definition) is 0. The van der Waals surface area contributed by atoms with Crippen molar-refractivity contribution in [3.8, 4) is 12.1 Å². The molecule has 10 heavy (non-hydrogen) atoms. The number of unbranched alkanes of at least 4 members (excludes halogenated alkanes) is 5. The molecule has 0 heterocycles. The van der Waals surface area contributed by atoms with Gasteiger partial charge in [-0.15, -0.1) is 4.39 Å². The minimum absolute atomic E-state index is 0.722. The van der Waals surface area contributed by atoms with E-state index in [0.717, 1.165) is 12.8 Å². The van der Waals surface area contributed by atoms with Gasteiger partial charge in [0.25, 0.3) is 0 Å². The molecule has 0 rings (SSSR count). The van der Waals surface area contributed by atoms with Crippen LogP contribution in [0.25, 0.3) is 0 Å². The maximum atomic E-state index is 11.2. The number of hydrogen-bond donors (Lipinski definition) is 0. The first-order valence-corrected chi connectivity index (χ1v) is 4.00. The Balaban J connectivity index is 2.82. The second-order valence-corrected chi connectivity index (χ2v) is 2.44. The smallest absolute Gasteiger partial charge is 0.105 e. The summed E-state index contributed by atoms with van der Waals surface area (Å²) < 4.78 is 11.2. The van der Waals surface area contributed by atoms with Crippen LogP contribution in [0.1, 0.15) is 45.4 Å². The topological polar surface area (TPSA) is 0 Å². The summed E-state index contributed by atoms with van der Waals surface area (Å²) in [6, 6.07) is 0. The Bertz CT molecular complexity index is 108. The van der Waals surface area contributed by atoms with E-state index in [4.69, 9.17) is 0 Å². The fourth-order valence-corrected chi connectivity index (χ4v) is 0.864. The van der Waals surface area contributed by atoms with Gasteiger partial charge >= 0.3 is 0 Å². The summed E-state index contributed by atoms with van der Waals surface area (Å²) in [5.41, 5.74) is 0. The van der Waals surface area contributed by atoms with Crippen molar-refractivity contribution in [1.82, 2.24) is 0 Å². The lowest BCUT2D eigenvalue weighted by atomic mass is 10.1. The predicted molar refractivity (Wildman–Crippen MR) is 42.3 cm³/mol. The summed E-state index contributed by atoms with van der Waals surface area (Å²) in [5.74, 6) is 2.41. The molecule has 0 atom stereocenters. The molecule has 0 aliphatic heterocycles. The Morgan fingerprint density at radius 3 is 2.40 bits per heavy atom. The van der Waals surface area contributed by atoms with E-state index in [1.165, 1.54) is 31.9 Å². The number of rotatable bonds is 5. The Labute approximate surface area is 62.8 Å². The van der Waals surface area contributed by atoms with E-state index < -0.39 is 0 Å². The first kappa shape index (κ1) is 9.49. The Morgan fingerprint density at radius 1 is 1.10 bits per heavy atom. The van der Waals surface area contributed by atoms with Crippen molar-refractivity contribution in [2.24, 2.45) is 0 Å². The van der Waals surface area contributed by atoms with Crippen LogP contribution in [-0.4, -0.2) is 0 Å². The maximum absolute atomic E-state index is 11.2. The molecule has 0 aromatic carbocycles. The molecule has 0 aromatic rings. The maximum Gasteiger partial charge on any atom is 0.105 e. The molecule has 0 amide bonds. The lowest BCUT2D eigenvalue weighted by Gasteiger charge is -1.93. The molecule has 0 spiro atoms. The molecule has 0 saturated heterocycles. The lowest BCUT2D eigenvalue weighted by Crippen LogP contribution is -1.75. The van der Waals surface area contributed by atoms with Gasteiger partial charge in [0.05, 0.1) is 0 Å². The van der Waals surface area contributed by atoms with Crippen molar-refractivity contribution >= 4 is 0 Å². The first-order valence-electron chi connectivity index (χ1n) is 4.00. The van der Waals surface area contributed by atoms with Crippen LogP contribution in [0.15, 0.2) is 0 Å². The number of halogens is 1. The third-order valence-electron chi connectivity index (χ3n) is 1.47. The van der Waals surface area contributed by atoms with Crippen LogP contribution in [0.3, 0.4) is 0 Å². The largest absolute Gasteiger partial charge is 0.144 e. The molecule has 0 aliphatic carbocycles. The van der Waals surface area contributed by atoms with Crippen LogP contribution in [0, 0.1) is 12.1 Å². The standard InChI is InChI=1S/C9H15F/c1-2-3-4-5-6-7-8-9-10/h2-7H2,1H3. The molecule has 0 fully saturated rings. The van der Waals surface area contributed by atoms with Crippen LogP contribution >= 0.6 is 0 Å². The Morgan fingerprint density at radius 2 is 1.80 bits per heavy atom. The van der Waals surface area contributed by atoms with Gasteiger partial charge in [0.15, 0.2) is 0 Å². The van der Waals surface area contributed by atoms with Crippen molar-refractivity contribution in [2.45, 2.75) is 45.4 Å². The molecule has 0 unspecified atom stereocenters. The highest BCUT2D eigenvalue weighted by atomic mass is 19.1. The van der Waals surface area contributed by atoms with Crippen LogP contribution in [0.2, 0.25) is 0 Å². The van der Waals surface area contributed by atoms with Crippen LogP contribution in [-0.2, 0) is 0 Å².